The first kappa shape index (κ1) is 15.1. The molecule has 0 nitrogen and oxygen atoms in total. The lowest BCUT2D eigenvalue weighted by Gasteiger charge is -1.95. The highest BCUT2D eigenvalue weighted by molar-refractivity contribution is 7.17. The Balaban J connectivity index is 0.000000509. The minimum atomic E-state index is -0.0923. The van der Waals surface area contributed by atoms with E-state index < -0.39 is 0 Å². The van der Waals surface area contributed by atoms with Crippen molar-refractivity contribution in [2.24, 2.45) is 0 Å². The fourth-order valence-corrected chi connectivity index (χ4v) is 2.05. The number of thiophene rings is 1. The monoisotopic (exact) mass is 240 g/mol. The van der Waals surface area contributed by atoms with Gasteiger partial charge in [0, 0.05) is 15.5 Å². The van der Waals surface area contributed by atoms with E-state index in [1.807, 2.05) is 39.8 Å². The Bertz CT molecular complexity index is 404. The van der Waals surface area contributed by atoms with Crippen molar-refractivity contribution in [1.82, 2.24) is 0 Å². The van der Waals surface area contributed by atoms with Gasteiger partial charge in [-0.05, 0) is 24.1 Å². The molecule has 1 aromatic heterocycles. The second kappa shape index (κ2) is 8.28. The molecule has 1 aromatic carbocycles. The Kier molecular flexibility index (Phi) is 7.82. The number of hydrogen-bond donors (Lipinski definition) is 0. The topological polar surface area (TPSA) is 0 Å². The zero-order chi connectivity index (χ0) is 12.6. The fourth-order valence-electron chi connectivity index (χ4n) is 1.27. The predicted molar refractivity (Wildman–Crippen MR) is 73.9 cm³/mol. The van der Waals surface area contributed by atoms with Gasteiger partial charge in [-0.15, -0.1) is 11.3 Å². The van der Waals surface area contributed by atoms with Crippen LogP contribution in [0.5, 0.6) is 0 Å². The lowest BCUT2D eigenvalue weighted by atomic mass is 10.1. The normalized spacial score (nSPS) is 8.88. The van der Waals surface area contributed by atoms with E-state index in [1.165, 1.54) is 16.9 Å². The number of rotatable bonds is 1. The third kappa shape index (κ3) is 3.60. The van der Waals surface area contributed by atoms with Crippen molar-refractivity contribution >= 4 is 21.4 Å². The van der Waals surface area contributed by atoms with Crippen molar-refractivity contribution in [3.63, 3.8) is 0 Å². The standard InChI is InChI=1S/C10H9FS.2C2H6/c1-2-7-3-4-10-8(5-7)9(11)6-12-10;2*1-2/h3-6H,2H2,1H3;2*1-2H3. The maximum absolute atomic E-state index is 13.1. The molecule has 0 bridgehead atoms. The zero-order valence-corrected chi connectivity index (χ0v) is 11.6. The first-order chi connectivity index (χ1) is 7.81. The third-order valence-electron chi connectivity index (χ3n) is 2.00. The maximum atomic E-state index is 13.1. The number of aryl methyl sites for hydroxylation is 1. The van der Waals surface area contributed by atoms with Crippen LogP contribution in [0.3, 0.4) is 0 Å². The predicted octanol–water partition coefficient (Wildman–Crippen LogP) is 5.66. The average Bonchev–Trinajstić information content (AvgIpc) is 2.75. The molecule has 0 atom stereocenters. The molecule has 0 aliphatic heterocycles. The molecular formula is C14H21FS. The largest absolute Gasteiger partial charge is 0.205 e. The molecule has 2 heteroatoms. The summed E-state index contributed by atoms with van der Waals surface area (Å²) in [5.74, 6) is -0.0923. The number of hydrogen-bond acceptors (Lipinski definition) is 1. The van der Waals surface area contributed by atoms with E-state index in [0.29, 0.717) is 0 Å². The van der Waals surface area contributed by atoms with Crippen molar-refractivity contribution in [3.8, 4) is 0 Å². The van der Waals surface area contributed by atoms with Crippen molar-refractivity contribution in [2.75, 3.05) is 0 Å². The molecular weight excluding hydrogens is 219 g/mol. The summed E-state index contributed by atoms with van der Waals surface area (Å²) in [5.41, 5.74) is 1.19. The quantitative estimate of drug-likeness (QED) is 0.603. The Morgan fingerprint density at radius 1 is 1.12 bits per heavy atom. The summed E-state index contributed by atoms with van der Waals surface area (Å²) in [6, 6.07) is 5.97. The van der Waals surface area contributed by atoms with Gasteiger partial charge >= 0.3 is 0 Å². The molecule has 0 N–H and O–H groups in total. The summed E-state index contributed by atoms with van der Waals surface area (Å²) in [6.45, 7) is 10.1. The Labute approximate surface area is 102 Å². The Morgan fingerprint density at radius 2 is 1.75 bits per heavy atom. The van der Waals surface area contributed by atoms with E-state index in [-0.39, 0.29) is 5.82 Å². The molecule has 0 spiro atoms. The van der Waals surface area contributed by atoms with Crippen LogP contribution in [0.25, 0.3) is 10.1 Å². The number of fused-ring (bicyclic) bond motifs is 1. The summed E-state index contributed by atoms with van der Waals surface area (Å²) < 4.78 is 14.1. The van der Waals surface area contributed by atoms with Gasteiger partial charge in [0.05, 0.1) is 0 Å². The van der Waals surface area contributed by atoms with Crippen molar-refractivity contribution < 1.29 is 4.39 Å². The van der Waals surface area contributed by atoms with Crippen molar-refractivity contribution in [1.29, 1.82) is 0 Å². The van der Waals surface area contributed by atoms with E-state index in [1.54, 1.807) is 5.38 Å². The van der Waals surface area contributed by atoms with E-state index in [0.717, 1.165) is 16.5 Å². The minimum Gasteiger partial charge on any atom is -0.205 e. The van der Waals surface area contributed by atoms with Gasteiger partial charge in [-0.25, -0.2) is 4.39 Å². The first-order valence-electron chi connectivity index (χ1n) is 5.97. The highest BCUT2D eigenvalue weighted by Gasteiger charge is 2.02. The summed E-state index contributed by atoms with van der Waals surface area (Å²) in [5, 5.41) is 2.32. The van der Waals surface area contributed by atoms with Gasteiger partial charge in [-0.2, -0.15) is 0 Å². The summed E-state index contributed by atoms with van der Waals surface area (Å²) >= 11 is 1.46. The molecule has 0 radical (unpaired) electrons. The smallest absolute Gasteiger partial charge is 0.141 e. The van der Waals surface area contributed by atoms with Crippen LogP contribution in [0.15, 0.2) is 23.6 Å². The van der Waals surface area contributed by atoms with Crippen LogP contribution >= 0.6 is 11.3 Å². The average molecular weight is 240 g/mol. The van der Waals surface area contributed by atoms with Crippen LogP contribution in [0.1, 0.15) is 40.2 Å². The van der Waals surface area contributed by atoms with Gasteiger partial charge in [-0.3, -0.25) is 0 Å². The van der Waals surface area contributed by atoms with E-state index in [4.69, 9.17) is 0 Å². The first-order valence-corrected chi connectivity index (χ1v) is 6.85. The summed E-state index contributed by atoms with van der Waals surface area (Å²) in [6.07, 6.45) is 0.964. The van der Waals surface area contributed by atoms with Gasteiger partial charge in [0.25, 0.3) is 0 Å². The van der Waals surface area contributed by atoms with E-state index >= 15 is 0 Å². The Morgan fingerprint density at radius 3 is 2.31 bits per heavy atom. The molecule has 0 aliphatic carbocycles. The highest BCUT2D eigenvalue weighted by atomic mass is 32.1. The SMILES string of the molecule is CC.CC.CCc1ccc2scc(F)c2c1. The second-order valence-electron chi connectivity index (χ2n) is 2.77. The van der Waals surface area contributed by atoms with Crippen LogP contribution < -0.4 is 0 Å². The second-order valence-corrected chi connectivity index (χ2v) is 3.68. The molecule has 0 saturated heterocycles. The van der Waals surface area contributed by atoms with Gasteiger partial charge in [0.1, 0.15) is 5.82 Å². The highest BCUT2D eigenvalue weighted by Crippen LogP contribution is 2.25. The molecule has 2 rings (SSSR count). The van der Waals surface area contributed by atoms with Crippen LogP contribution in [0, 0.1) is 5.82 Å². The lowest BCUT2D eigenvalue weighted by molar-refractivity contribution is 0.644. The summed E-state index contributed by atoms with van der Waals surface area (Å²) in [4.78, 5) is 0. The molecule has 0 aliphatic rings. The van der Waals surface area contributed by atoms with Gasteiger partial charge < -0.3 is 0 Å². The fraction of sp³-hybridized carbons (Fsp3) is 0.429. The zero-order valence-electron chi connectivity index (χ0n) is 10.8. The molecule has 0 unspecified atom stereocenters. The van der Waals surface area contributed by atoms with Gasteiger partial charge in [0.2, 0.25) is 0 Å². The van der Waals surface area contributed by atoms with Crippen LogP contribution in [-0.4, -0.2) is 0 Å². The van der Waals surface area contributed by atoms with Crippen LogP contribution in [0.4, 0.5) is 4.39 Å². The maximum Gasteiger partial charge on any atom is 0.141 e. The molecule has 2 aromatic rings. The number of benzene rings is 1. The Hall–Kier alpha value is -0.890. The third-order valence-corrected chi connectivity index (χ3v) is 2.93. The molecule has 1 heterocycles. The molecule has 0 amide bonds. The molecule has 0 fully saturated rings. The number of halogens is 1. The minimum absolute atomic E-state index is 0.0923. The molecule has 0 saturated carbocycles. The van der Waals surface area contributed by atoms with E-state index in [9.17, 15) is 4.39 Å². The molecule has 90 valence electrons. The van der Waals surface area contributed by atoms with Crippen LogP contribution in [-0.2, 0) is 6.42 Å². The van der Waals surface area contributed by atoms with Crippen molar-refractivity contribution in [2.45, 2.75) is 41.0 Å². The van der Waals surface area contributed by atoms with E-state index in [2.05, 4.69) is 13.0 Å². The lowest BCUT2D eigenvalue weighted by Crippen LogP contribution is -1.78. The van der Waals surface area contributed by atoms with Gasteiger partial charge in [-0.1, -0.05) is 40.7 Å². The van der Waals surface area contributed by atoms with Gasteiger partial charge in [0.15, 0.2) is 0 Å². The molecule has 16 heavy (non-hydrogen) atoms. The van der Waals surface area contributed by atoms with Crippen molar-refractivity contribution in [3.05, 3.63) is 35.0 Å². The van der Waals surface area contributed by atoms with Crippen LogP contribution in [0.2, 0.25) is 0 Å². The summed E-state index contributed by atoms with van der Waals surface area (Å²) in [7, 11) is 0.